The van der Waals surface area contributed by atoms with E-state index < -0.39 is 16.9 Å². The molecule has 0 radical (unpaired) electrons. The fourth-order valence-corrected chi connectivity index (χ4v) is 1.40. The monoisotopic (exact) mass is 254 g/mol. The number of ether oxygens (including phenoxy) is 2. The minimum atomic E-state index is -0.554. The van der Waals surface area contributed by atoms with Crippen LogP contribution in [-0.2, 0) is 9.53 Å². The lowest BCUT2D eigenvalue weighted by Crippen LogP contribution is -2.27. The van der Waals surface area contributed by atoms with Crippen molar-refractivity contribution in [3.8, 4) is 5.75 Å². The molecule has 0 fully saturated rings. The summed E-state index contributed by atoms with van der Waals surface area (Å²) >= 11 is 0. The first-order valence-corrected chi connectivity index (χ1v) is 5.16. The van der Waals surface area contributed by atoms with E-state index in [0.29, 0.717) is 5.69 Å². The van der Waals surface area contributed by atoms with Crippen molar-refractivity contribution in [2.75, 3.05) is 19.5 Å². The van der Waals surface area contributed by atoms with Crippen molar-refractivity contribution in [2.45, 2.75) is 13.0 Å². The molecule has 1 rings (SSSR count). The number of nitro groups is 1. The summed E-state index contributed by atoms with van der Waals surface area (Å²) < 4.78 is 9.48. The van der Waals surface area contributed by atoms with Gasteiger partial charge in [-0.3, -0.25) is 10.1 Å². The molecule has 0 bridgehead atoms. The Morgan fingerprint density at radius 1 is 1.44 bits per heavy atom. The largest absolute Gasteiger partial charge is 0.490 e. The van der Waals surface area contributed by atoms with E-state index in [1.54, 1.807) is 6.92 Å². The van der Waals surface area contributed by atoms with E-state index in [-0.39, 0.29) is 11.4 Å². The first kappa shape index (κ1) is 13.8. The van der Waals surface area contributed by atoms with Crippen LogP contribution in [-0.4, -0.2) is 31.2 Å². The molecular formula is C11H14N2O5. The summed E-state index contributed by atoms with van der Waals surface area (Å²) in [4.78, 5) is 21.4. The van der Waals surface area contributed by atoms with Gasteiger partial charge in [0, 0.05) is 17.8 Å². The standard InChI is InChI=1S/C11H14N2O5/c1-7(11(14)18-3)12-8-4-5-9(13(15)16)10(6-8)17-2/h4-7,12H,1-3H3. The SMILES string of the molecule is COC(=O)C(C)Nc1ccc([N+](=O)[O-])c(OC)c1. The van der Waals surface area contributed by atoms with E-state index in [4.69, 9.17) is 4.74 Å². The lowest BCUT2D eigenvalue weighted by molar-refractivity contribution is -0.385. The van der Waals surface area contributed by atoms with Crippen LogP contribution in [0.15, 0.2) is 18.2 Å². The van der Waals surface area contributed by atoms with Crippen molar-refractivity contribution in [1.82, 2.24) is 0 Å². The van der Waals surface area contributed by atoms with E-state index in [2.05, 4.69) is 10.1 Å². The van der Waals surface area contributed by atoms with Gasteiger partial charge in [0.1, 0.15) is 6.04 Å². The number of carbonyl (C=O) groups excluding carboxylic acids is 1. The fraction of sp³-hybridized carbons (Fsp3) is 0.364. The summed E-state index contributed by atoms with van der Waals surface area (Å²) in [5.74, 6) is -0.297. The minimum absolute atomic E-state index is 0.127. The molecule has 0 saturated carbocycles. The number of carbonyl (C=O) groups is 1. The second-order valence-electron chi connectivity index (χ2n) is 3.53. The molecule has 7 heteroatoms. The van der Waals surface area contributed by atoms with Gasteiger partial charge in [-0.05, 0) is 13.0 Å². The normalized spacial score (nSPS) is 11.5. The fourth-order valence-electron chi connectivity index (χ4n) is 1.40. The van der Waals surface area contributed by atoms with Crippen LogP contribution in [0, 0.1) is 10.1 Å². The van der Waals surface area contributed by atoms with Crippen molar-refractivity contribution in [3.63, 3.8) is 0 Å². The Morgan fingerprint density at radius 3 is 2.61 bits per heavy atom. The summed E-state index contributed by atoms with van der Waals surface area (Å²) in [6.45, 7) is 1.62. The van der Waals surface area contributed by atoms with Crippen LogP contribution in [0.4, 0.5) is 11.4 Å². The highest BCUT2D eigenvalue weighted by molar-refractivity contribution is 5.79. The molecule has 1 aromatic rings. The topological polar surface area (TPSA) is 90.7 Å². The third-order valence-electron chi connectivity index (χ3n) is 2.31. The van der Waals surface area contributed by atoms with E-state index >= 15 is 0 Å². The lowest BCUT2D eigenvalue weighted by atomic mass is 10.2. The van der Waals surface area contributed by atoms with Gasteiger partial charge in [-0.2, -0.15) is 0 Å². The third kappa shape index (κ3) is 3.09. The number of hydrogen-bond acceptors (Lipinski definition) is 6. The Labute approximate surface area is 104 Å². The lowest BCUT2D eigenvalue weighted by Gasteiger charge is -2.13. The molecule has 0 heterocycles. The highest BCUT2D eigenvalue weighted by atomic mass is 16.6. The molecule has 0 aliphatic rings. The molecule has 18 heavy (non-hydrogen) atoms. The van der Waals surface area contributed by atoms with E-state index in [9.17, 15) is 14.9 Å². The van der Waals surface area contributed by atoms with Crippen LogP contribution < -0.4 is 10.1 Å². The molecule has 7 nitrogen and oxygen atoms in total. The second-order valence-corrected chi connectivity index (χ2v) is 3.53. The summed E-state index contributed by atoms with van der Waals surface area (Å²) in [5.41, 5.74) is 0.407. The average Bonchev–Trinajstić information content (AvgIpc) is 2.37. The van der Waals surface area contributed by atoms with Gasteiger partial charge in [-0.25, -0.2) is 4.79 Å². The van der Waals surface area contributed by atoms with Gasteiger partial charge >= 0.3 is 11.7 Å². The molecule has 0 amide bonds. The number of nitrogens with one attached hydrogen (secondary N) is 1. The molecule has 1 aromatic carbocycles. The van der Waals surface area contributed by atoms with Crippen LogP contribution in [0.25, 0.3) is 0 Å². The number of methoxy groups -OCH3 is 2. The molecule has 0 aromatic heterocycles. The average molecular weight is 254 g/mol. The van der Waals surface area contributed by atoms with Gasteiger partial charge in [0.15, 0.2) is 5.75 Å². The molecule has 1 atom stereocenters. The zero-order valence-electron chi connectivity index (χ0n) is 10.3. The molecule has 0 saturated heterocycles. The number of nitrogens with zero attached hydrogens (tertiary/aromatic N) is 1. The maximum absolute atomic E-state index is 11.2. The number of hydrogen-bond donors (Lipinski definition) is 1. The van der Waals surface area contributed by atoms with Crippen molar-refractivity contribution >= 4 is 17.3 Å². The number of rotatable bonds is 5. The molecular weight excluding hydrogens is 240 g/mol. The maximum Gasteiger partial charge on any atom is 0.327 e. The molecule has 0 aliphatic heterocycles. The van der Waals surface area contributed by atoms with Gasteiger partial charge < -0.3 is 14.8 Å². The third-order valence-corrected chi connectivity index (χ3v) is 2.31. The quantitative estimate of drug-likeness (QED) is 0.487. The predicted octanol–water partition coefficient (Wildman–Crippen LogP) is 1.58. The zero-order valence-corrected chi connectivity index (χ0v) is 10.3. The van der Waals surface area contributed by atoms with Gasteiger partial charge in [0.25, 0.3) is 0 Å². The van der Waals surface area contributed by atoms with Crippen LogP contribution in [0.2, 0.25) is 0 Å². The Bertz CT molecular complexity index is 461. The number of anilines is 1. The van der Waals surface area contributed by atoms with Crippen LogP contribution in [0.1, 0.15) is 6.92 Å². The van der Waals surface area contributed by atoms with Crippen molar-refractivity contribution < 1.29 is 19.2 Å². The zero-order chi connectivity index (χ0) is 13.7. The Balaban J connectivity index is 2.92. The van der Waals surface area contributed by atoms with E-state index in [1.165, 1.54) is 32.4 Å². The van der Waals surface area contributed by atoms with Crippen LogP contribution in [0.3, 0.4) is 0 Å². The van der Waals surface area contributed by atoms with Crippen molar-refractivity contribution in [3.05, 3.63) is 28.3 Å². The Hall–Kier alpha value is -2.31. The first-order chi connectivity index (χ1) is 8.49. The van der Waals surface area contributed by atoms with Gasteiger partial charge in [0.05, 0.1) is 19.1 Å². The van der Waals surface area contributed by atoms with Crippen LogP contribution in [0.5, 0.6) is 5.75 Å². The van der Waals surface area contributed by atoms with E-state index in [1.807, 2.05) is 0 Å². The highest BCUT2D eigenvalue weighted by Crippen LogP contribution is 2.29. The summed E-state index contributed by atoms with van der Waals surface area (Å²) in [6.07, 6.45) is 0. The molecule has 0 aliphatic carbocycles. The number of benzene rings is 1. The van der Waals surface area contributed by atoms with Gasteiger partial charge in [-0.15, -0.1) is 0 Å². The van der Waals surface area contributed by atoms with Crippen molar-refractivity contribution in [1.29, 1.82) is 0 Å². The molecule has 98 valence electrons. The molecule has 0 spiro atoms. The predicted molar refractivity (Wildman–Crippen MR) is 64.7 cm³/mol. The first-order valence-electron chi connectivity index (χ1n) is 5.16. The maximum atomic E-state index is 11.2. The summed E-state index contributed by atoms with van der Waals surface area (Å²) in [6, 6.07) is 3.71. The Morgan fingerprint density at radius 2 is 2.11 bits per heavy atom. The summed E-state index contributed by atoms with van der Waals surface area (Å²) in [7, 11) is 2.63. The van der Waals surface area contributed by atoms with Gasteiger partial charge in [-0.1, -0.05) is 0 Å². The number of nitro benzene ring substituents is 1. The summed E-state index contributed by atoms with van der Waals surface area (Å²) in [5, 5.41) is 13.6. The second kappa shape index (κ2) is 5.85. The minimum Gasteiger partial charge on any atom is -0.490 e. The van der Waals surface area contributed by atoms with E-state index in [0.717, 1.165) is 0 Å². The number of esters is 1. The highest BCUT2D eigenvalue weighted by Gasteiger charge is 2.17. The molecule has 1 N–H and O–H groups in total. The molecule has 1 unspecified atom stereocenters. The van der Waals surface area contributed by atoms with Crippen molar-refractivity contribution in [2.24, 2.45) is 0 Å². The van der Waals surface area contributed by atoms with Crippen LogP contribution >= 0.6 is 0 Å². The van der Waals surface area contributed by atoms with Gasteiger partial charge in [0.2, 0.25) is 0 Å². The smallest absolute Gasteiger partial charge is 0.327 e. The Kier molecular flexibility index (Phi) is 4.47.